The molecule has 47 heavy (non-hydrogen) atoms. The van der Waals surface area contributed by atoms with Crippen molar-refractivity contribution in [1.82, 2.24) is 19.5 Å². The number of aromatic nitrogens is 4. The first-order valence-electron chi connectivity index (χ1n) is 16.5. The van der Waals surface area contributed by atoms with E-state index < -0.39 is 18.3 Å². The zero-order valence-electron chi connectivity index (χ0n) is 29.1. The molecule has 240 valence electrons. The topological polar surface area (TPSA) is 62.1 Å². The van der Waals surface area contributed by atoms with Crippen LogP contribution in [0.3, 0.4) is 0 Å². The lowest BCUT2D eigenvalue weighted by molar-refractivity contribution is 0.00578. The number of rotatable bonds is 6. The van der Waals surface area contributed by atoms with Crippen LogP contribution in [0.5, 0.6) is 0 Å². The average molecular weight is 625 g/mol. The van der Waals surface area contributed by atoms with Crippen molar-refractivity contribution in [3.63, 3.8) is 0 Å². The smallest absolute Gasteiger partial charge is 0.399 e. The van der Waals surface area contributed by atoms with Crippen LogP contribution in [0.4, 0.5) is 0 Å². The Balaban J connectivity index is 0.00000213. The molecule has 6 rings (SSSR count). The lowest BCUT2D eigenvalue weighted by Crippen LogP contribution is -2.41. The first-order chi connectivity index (χ1) is 22.6. The van der Waals surface area contributed by atoms with Crippen LogP contribution < -0.4 is 15.9 Å². The molecule has 0 amide bonds. The minimum Gasteiger partial charge on any atom is -0.399 e. The minimum absolute atomic E-state index is 0.438. The first kappa shape index (κ1) is 33.8. The van der Waals surface area contributed by atoms with Gasteiger partial charge in [0.2, 0.25) is 5.95 Å². The van der Waals surface area contributed by atoms with E-state index in [-0.39, 0.29) is 0 Å². The van der Waals surface area contributed by atoms with Crippen molar-refractivity contribution in [2.45, 2.75) is 73.5 Å². The summed E-state index contributed by atoms with van der Waals surface area (Å²) in [5, 5.41) is 4.52. The maximum Gasteiger partial charge on any atom is 0.494 e. The summed E-state index contributed by atoms with van der Waals surface area (Å²) in [5.74, 6) is 1.71. The summed E-state index contributed by atoms with van der Waals surface area (Å²) < 4.78 is 15.1. The van der Waals surface area contributed by atoms with Crippen LogP contribution in [0, 0.1) is 0 Å². The molecule has 6 nitrogen and oxygen atoms in total. The monoisotopic (exact) mass is 624 g/mol. The summed E-state index contributed by atoms with van der Waals surface area (Å²) >= 11 is 0. The predicted molar refractivity (Wildman–Crippen MR) is 199 cm³/mol. The molecular weight excluding hydrogens is 579 g/mol. The Morgan fingerprint density at radius 3 is 2.13 bits per heavy atom. The van der Waals surface area contributed by atoms with Gasteiger partial charge in [0.25, 0.3) is 0 Å². The minimum atomic E-state index is -0.478. The van der Waals surface area contributed by atoms with Crippen molar-refractivity contribution in [2.75, 3.05) is 0 Å². The van der Waals surface area contributed by atoms with Gasteiger partial charge in [0.1, 0.15) is 0 Å². The first-order valence-corrected chi connectivity index (χ1v) is 16.5. The third-order valence-electron chi connectivity index (χ3n) is 8.91. The van der Waals surface area contributed by atoms with Gasteiger partial charge in [-0.3, -0.25) is 4.57 Å². The molecule has 0 unspecified atom stereocenters. The lowest BCUT2D eigenvalue weighted by atomic mass is 9.78. The van der Waals surface area contributed by atoms with E-state index >= 15 is 0 Å². The third kappa shape index (κ3) is 6.13. The molecule has 7 heteroatoms. The van der Waals surface area contributed by atoms with Crippen molar-refractivity contribution in [2.24, 2.45) is 0 Å². The maximum absolute atomic E-state index is 6.46. The fourth-order valence-electron chi connectivity index (χ4n) is 5.90. The van der Waals surface area contributed by atoms with E-state index in [1.54, 1.807) is 6.08 Å². The highest BCUT2D eigenvalue weighted by molar-refractivity contribution is 6.62. The molecule has 0 bridgehead atoms. The van der Waals surface area contributed by atoms with Gasteiger partial charge >= 0.3 is 7.12 Å². The highest BCUT2D eigenvalue weighted by Crippen LogP contribution is 2.37. The normalized spacial score (nSPS) is 16.7. The van der Waals surface area contributed by atoms with Gasteiger partial charge in [-0.05, 0) is 76.5 Å². The molecular formula is C40H45BN4O2. The maximum atomic E-state index is 6.46. The van der Waals surface area contributed by atoms with Gasteiger partial charge in [-0.25, -0.2) is 4.98 Å². The van der Waals surface area contributed by atoms with E-state index in [1.165, 1.54) is 0 Å². The molecule has 0 atom stereocenters. The molecule has 5 aromatic rings. The van der Waals surface area contributed by atoms with Crippen LogP contribution >= 0.6 is 0 Å². The fraction of sp³-hybridized carbons (Fsp3) is 0.275. The molecule has 3 aromatic carbocycles. The number of hydrogen-bond donors (Lipinski definition) is 0. The number of hydrogen-bond acceptors (Lipinski definition) is 5. The summed E-state index contributed by atoms with van der Waals surface area (Å²) in [6.07, 6.45) is 12.0. The van der Waals surface area contributed by atoms with Gasteiger partial charge in [-0.2, -0.15) is 9.97 Å². The van der Waals surface area contributed by atoms with Crippen molar-refractivity contribution < 1.29 is 9.31 Å². The standard InChI is InChI=1S/C38H39BN4O2.C2H6/c1-9-16-26(17-10-2)34-40-35(27-18-14-13-15-19-27)42-36(41-34)43-31-23-21-28(39-44-37(5,6)38(7,8)45-39)24-30(31)33-29(12-4)25(11-3)20-22-32(33)43;1-2/h9-24H,1H2,2-8H3;1-2H3/b17-10-,25-11-,26-16+,29-12+;. The Kier molecular flexibility index (Phi) is 9.80. The van der Waals surface area contributed by atoms with Crippen LogP contribution in [0.1, 0.15) is 68.1 Å². The molecule has 1 aliphatic rings. The molecule has 0 N–H and O–H groups in total. The molecule has 0 spiro atoms. The summed E-state index contributed by atoms with van der Waals surface area (Å²) in [5.41, 5.74) is 3.85. The van der Waals surface area contributed by atoms with E-state index in [0.717, 1.165) is 48.8 Å². The molecule has 3 heterocycles. The van der Waals surface area contributed by atoms with Crippen LogP contribution in [-0.2, 0) is 9.31 Å². The van der Waals surface area contributed by atoms with Gasteiger partial charge in [-0.15, -0.1) is 0 Å². The molecule has 1 fully saturated rings. The average Bonchev–Trinajstić information content (AvgIpc) is 3.53. The lowest BCUT2D eigenvalue weighted by Gasteiger charge is -2.32. The Morgan fingerprint density at radius 2 is 1.51 bits per heavy atom. The van der Waals surface area contributed by atoms with Crippen LogP contribution in [0.25, 0.3) is 56.9 Å². The van der Waals surface area contributed by atoms with Gasteiger partial charge in [0, 0.05) is 21.9 Å². The quantitative estimate of drug-likeness (QED) is 0.143. The van der Waals surface area contributed by atoms with E-state index in [2.05, 4.69) is 95.2 Å². The van der Waals surface area contributed by atoms with Crippen LogP contribution in [-0.4, -0.2) is 37.8 Å². The van der Waals surface area contributed by atoms with Crippen LogP contribution in [0.15, 0.2) is 91.5 Å². The van der Waals surface area contributed by atoms with Crippen LogP contribution in [0.2, 0.25) is 0 Å². The Labute approximate surface area is 279 Å². The number of allylic oxidation sites excluding steroid dienone is 5. The van der Waals surface area contributed by atoms with E-state index in [1.807, 2.05) is 69.3 Å². The SMILES string of the molecule is C=C/C=C(\C=C/C)c1nc(-c2ccccc2)nc(-n2c3ccc(B4OC(C)(C)C(C)(C)O4)cc3c3c(=C/C)/c(=C\C)ccc32)n1.CC. The fourth-order valence-corrected chi connectivity index (χ4v) is 5.90. The highest BCUT2D eigenvalue weighted by Gasteiger charge is 2.51. The second-order valence-corrected chi connectivity index (χ2v) is 12.2. The molecule has 2 aromatic heterocycles. The van der Waals surface area contributed by atoms with Gasteiger partial charge in [-0.1, -0.05) is 105 Å². The van der Waals surface area contributed by atoms with E-state index in [4.69, 9.17) is 24.3 Å². The van der Waals surface area contributed by atoms with E-state index in [9.17, 15) is 0 Å². The summed E-state index contributed by atoms with van der Waals surface area (Å²) in [4.78, 5) is 15.1. The van der Waals surface area contributed by atoms with E-state index in [0.29, 0.717) is 17.6 Å². The second kappa shape index (κ2) is 13.6. The van der Waals surface area contributed by atoms with Gasteiger partial charge < -0.3 is 9.31 Å². The summed E-state index contributed by atoms with van der Waals surface area (Å²) in [7, 11) is -0.478. The van der Waals surface area contributed by atoms with Crippen molar-refractivity contribution in [1.29, 1.82) is 0 Å². The molecule has 0 saturated carbocycles. The predicted octanol–water partition coefficient (Wildman–Crippen LogP) is 7.71. The van der Waals surface area contributed by atoms with Crippen molar-refractivity contribution >= 4 is 52.1 Å². The number of fused-ring (bicyclic) bond motifs is 3. The second-order valence-electron chi connectivity index (χ2n) is 12.2. The number of nitrogens with zero attached hydrogens (tertiary/aromatic N) is 4. The van der Waals surface area contributed by atoms with Gasteiger partial charge in [0.05, 0.1) is 22.2 Å². The largest absolute Gasteiger partial charge is 0.494 e. The Hall–Kier alpha value is -4.59. The molecule has 1 saturated heterocycles. The zero-order valence-corrected chi connectivity index (χ0v) is 29.1. The van der Waals surface area contributed by atoms with Gasteiger partial charge in [0.15, 0.2) is 11.6 Å². The molecule has 1 aliphatic heterocycles. The Morgan fingerprint density at radius 1 is 0.830 bits per heavy atom. The molecule has 0 radical (unpaired) electrons. The summed E-state index contributed by atoms with van der Waals surface area (Å²) in [6, 6.07) is 20.8. The third-order valence-corrected chi connectivity index (χ3v) is 8.91. The van der Waals surface area contributed by atoms with Crippen molar-refractivity contribution in [3.8, 4) is 17.3 Å². The van der Waals surface area contributed by atoms with Crippen molar-refractivity contribution in [3.05, 3.63) is 108 Å². The molecule has 0 aliphatic carbocycles. The number of benzene rings is 3. The summed E-state index contributed by atoms with van der Waals surface area (Å²) in [6.45, 7) is 22.4. The zero-order chi connectivity index (χ0) is 33.9. The Bertz CT molecular complexity index is 2110. The highest BCUT2D eigenvalue weighted by atomic mass is 16.7.